The summed E-state index contributed by atoms with van der Waals surface area (Å²) in [6.45, 7) is -0.0434. The Balaban J connectivity index is 2.14. The van der Waals surface area contributed by atoms with Crippen molar-refractivity contribution in [2.24, 2.45) is 5.73 Å². The Morgan fingerprint density at radius 2 is 1.81 bits per heavy atom. The van der Waals surface area contributed by atoms with Crippen LogP contribution in [0.4, 0.5) is 4.39 Å². The molecular weight excluding hydrogens is 315 g/mol. The monoisotopic (exact) mass is 328 g/mol. The summed E-state index contributed by atoms with van der Waals surface area (Å²) in [5.74, 6) is -0.972. The molecule has 0 bridgehead atoms. The molecule has 0 spiro atoms. The maximum atomic E-state index is 13.8. The first-order valence-electron chi connectivity index (χ1n) is 6.16. The van der Waals surface area contributed by atoms with Crippen molar-refractivity contribution in [1.82, 2.24) is 4.72 Å². The second-order valence-corrected chi connectivity index (χ2v) is 6.56. The van der Waals surface area contributed by atoms with Gasteiger partial charge in [-0.3, -0.25) is 0 Å². The van der Waals surface area contributed by atoms with Gasteiger partial charge in [-0.2, -0.15) is 0 Å². The van der Waals surface area contributed by atoms with E-state index in [1.807, 2.05) is 6.07 Å². The number of hydrogen-bond acceptors (Lipinski definition) is 3. The van der Waals surface area contributed by atoms with Gasteiger partial charge in [0.05, 0.1) is 5.02 Å². The van der Waals surface area contributed by atoms with Gasteiger partial charge in [-0.15, -0.1) is 0 Å². The summed E-state index contributed by atoms with van der Waals surface area (Å²) >= 11 is 5.59. The van der Waals surface area contributed by atoms with Gasteiger partial charge in [0.2, 0.25) is 10.0 Å². The zero-order valence-corrected chi connectivity index (χ0v) is 12.5. The number of halogens is 2. The van der Waals surface area contributed by atoms with Gasteiger partial charge in [-0.25, -0.2) is 17.5 Å². The van der Waals surface area contributed by atoms with Gasteiger partial charge in [0, 0.05) is 12.6 Å². The lowest BCUT2D eigenvalue weighted by Gasteiger charge is -2.14. The van der Waals surface area contributed by atoms with E-state index in [4.69, 9.17) is 17.3 Å². The molecule has 1 atom stereocenters. The third-order valence-electron chi connectivity index (χ3n) is 2.93. The zero-order valence-electron chi connectivity index (χ0n) is 11.0. The molecule has 0 aliphatic rings. The van der Waals surface area contributed by atoms with Crippen LogP contribution in [-0.4, -0.2) is 15.0 Å². The zero-order chi connectivity index (χ0) is 15.5. The van der Waals surface area contributed by atoms with E-state index in [0.717, 1.165) is 11.6 Å². The molecule has 7 heteroatoms. The molecule has 2 aromatic carbocycles. The van der Waals surface area contributed by atoms with Crippen LogP contribution in [0.2, 0.25) is 5.02 Å². The Morgan fingerprint density at radius 3 is 2.48 bits per heavy atom. The predicted octanol–water partition coefficient (Wildman–Crippen LogP) is 2.46. The highest BCUT2D eigenvalue weighted by Gasteiger charge is 2.21. The summed E-state index contributed by atoms with van der Waals surface area (Å²) in [7, 11) is -4.01. The molecule has 0 fully saturated rings. The first-order chi connectivity index (χ1) is 9.92. The van der Waals surface area contributed by atoms with Crippen LogP contribution in [0.25, 0.3) is 0 Å². The Morgan fingerprint density at radius 1 is 1.14 bits per heavy atom. The van der Waals surface area contributed by atoms with Crippen molar-refractivity contribution in [3.8, 4) is 0 Å². The van der Waals surface area contributed by atoms with Crippen molar-refractivity contribution in [1.29, 1.82) is 0 Å². The van der Waals surface area contributed by atoms with E-state index in [-0.39, 0.29) is 11.6 Å². The van der Waals surface area contributed by atoms with E-state index < -0.39 is 26.8 Å². The number of sulfonamides is 1. The van der Waals surface area contributed by atoms with Crippen molar-refractivity contribution in [2.75, 3.05) is 6.54 Å². The number of hydrogen-bond donors (Lipinski definition) is 2. The number of benzene rings is 2. The van der Waals surface area contributed by atoms with Gasteiger partial charge >= 0.3 is 0 Å². The van der Waals surface area contributed by atoms with Gasteiger partial charge in [0.1, 0.15) is 4.90 Å². The van der Waals surface area contributed by atoms with E-state index in [1.54, 1.807) is 24.3 Å². The summed E-state index contributed by atoms with van der Waals surface area (Å²) in [6.07, 6.45) is 0. The van der Waals surface area contributed by atoms with Crippen LogP contribution in [-0.2, 0) is 10.0 Å². The molecule has 0 saturated heterocycles. The van der Waals surface area contributed by atoms with Crippen LogP contribution in [0.15, 0.2) is 53.4 Å². The van der Waals surface area contributed by atoms with Crippen molar-refractivity contribution in [2.45, 2.75) is 10.9 Å². The lowest BCUT2D eigenvalue weighted by Crippen LogP contribution is -2.32. The lowest BCUT2D eigenvalue weighted by atomic mass is 10.1. The lowest BCUT2D eigenvalue weighted by molar-refractivity contribution is 0.551. The minimum atomic E-state index is -4.01. The molecule has 21 heavy (non-hydrogen) atoms. The van der Waals surface area contributed by atoms with Gasteiger partial charge in [0.15, 0.2) is 5.82 Å². The molecule has 1 unspecified atom stereocenters. The molecule has 0 saturated carbocycles. The highest BCUT2D eigenvalue weighted by Crippen LogP contribution is 2.22. The highest BCUT2D eigenvalue weighted by molar-refractivity contribution is 7.89. The molecule has 0 aromatic heterocycles. The number of rotatable bonds is 5. The fourth-order valence-electron chi connectivity index (χ4n) is 1.79. The van der Waals surface area contributed by atoms with Crippen LogP contribution in [0.5, 0.6) is 0 Å². The Kier molecular flexibility index (Phi) is 4.95. The van der Waals surface area contributed by atoms with Gasteiger partial charge in [0.25, 0.3) is 0 Å². The van der Waals surface area contributed by atoms with Crippen molar-refractivity contribution < 1.29 is 12.8 Å². The molecular formula is C14H14ClFN2O2S. The van der Waals surface area contributed by atoms with E-state index in [0.29, 0.717) is 0 Å². The number of nitrogens with two attached hydrogens (primary N) is 1. The van der Waals surface area contributed by atoms with Crippen molar-refractivity contribution >= 4 is 21.6 Å². The largest absolute Gasteiger partial charge is 0.323 e. The number of nitrogens with one attached hydrogen (secondary N) is 1. The van der Waals surface area contributed by atoms with E-state index in [2.05, 4.69) is 4.72 Å². The summed E-state index contributed by atoms with van der Waals surface area (Å²) in [5, 5.41) is -0.245. The fraction of sp³-hybridized carbons (Fsp3) is 0.143. The summed E-state index contributed by atoms with van der Waals surface area (Å²) in [5.41, 5.74) is 6.69. The molecule has 0 aliphatic carbocycles. The predicted molar refractivity (Wildman–Crippen MR) is 80.0 cm³/mol. The summed E-state index contributed by atoms with van der Waals surface area (Å²) in [6, 6.07) is 12.3. The Hall–Kier alpha value is -1.47. The minimum Gasteiger partial charge on any atom is -0.323 e. The Bertz CT molecular complexity index is 723. The molecule has 112 valence electrons. The summed E-state index contributed by atoms with van der Waals surface area (Å²) < 4.78 is 40.2. The third kappa shape index (κ3) is 3.79. The minimum absolute atomic E-state index is 0.0434. The second kappa shape index (κ2) is 6.53. The van der Waals surface area contributed by atoms with Crippen molar-refractivity contribution in [3.63, 3.8) is 0 Å². The van der Waals surface area contributed by atoms with Gasteiger partial charge < -0.3 is 5.73 Å². The molecule has 3 N–H and O–H groups in total. The van der Waals surface area contributed by atoms with Crippen LogP contribution < -0.4 is 10.5 Å². The van der Waals surface area contributed by atoms with Crippen LogP contribution in [0, 0.1) is 5.82 Å². The average Bonchev–Trinajstić information content (AvgIpc) is 2.48. The van der Waals surface area contributed by atoms with Gasteiger partial charge in [-0.1, -0.05) is 48.0 Å². The third-order valence-corrected chi connectivity index (χ3v) is 4.66. The SMILES string of the molecule is NC(CNS(=O)(=O)c1cccc(Cl)c1F)c1ccccc1. The molecule has 2 rings (SSSR count). The van der Waals surface area contributed by atoms with Crippen LogP contribution in [0.3, 0.4) is 0 Å². The highest BCUT2D eigenvalue weighted by atomic mass is 35.5. The van der Waals surface area contributed by atoms with Crippen LogP contribution >= 0.6 is 11.6 Å². The quantitative estimate of drug-likeness (QED) is 0.885. The average molecular weight is 329 g/mol. The van der Waals surface area contributed by atoms with E-state index >= 15 is 0 Å². The summed E-state index contributed by atoms with van der Waals surface area (Å²) in [4.78, 5) is -0.490. The molecule has 4 nitrogen and oxygen atoms in total. The topological polar surface area (TPSA) is 72.2 Å². The molecule has 0 heterocycles. The normalized spacial score (nSPS) is 13.1. The van der Waals surface area contributed by atoms with Gasteiger partial charge in [-0.05, 0) is 17.7 Å². The van der Waals surface area contributed by atoms with Crippen LogP contribution in [0.1, 0.15) is 11.6 Å². The molecule has 0 radical (unpaired) electrons. The van der Waals surface area contributed by atoms with E-state index in [1.165, 1.54) is 12.1 Å². The molecule has 0 amide bonds. The smallest absolute Gasteiger partial charge is 0.243 e. The fourth-order valence-corrected chi connectivity index (χ4v) is 3.18. The first-order valence-corrected chi connectivity index (χ1v) is 8.02. The Labute approximate surface area is 127 Å². The maximum absolute atomic E-state index is 13.8. The standard InChI is InChI=1S/C14H14ClFN2O2S/c15-11-7-4-8-13(14(11)16)21(19,20)18-9-12(17)10-5-2-1-3-6-10/h1-8,12,18H,9,17H2. The molecule has 0 aliphatic heterocycles. The van der Waals surface area contributed by atoms with E-state index in [9.17, 15) is 12.8 Å². The second-order valence-electron chi connectivity index (χ2n) is 4.42. The molecule has 2 aromatic rings. The maximum Gasteiger partial charge on any atom is 0.243 e. The first kappa shape index (κ1) is 15.9. The van der Waals surface area contributed by atoms with Crippen molar-refractivity contribution in [3.05, 3.63) is 64.9 Å².